The minimum absolute atomic E-state index is 0.0597. The summed E-state index contributed by atoms with van der Waals surface area (Å²) in [5, 5.41) is 0. The minimum Gasteiger partial charge on any atom is -0.490 e. The average molecular weight is 835 g/mol. The van der Waals surface area contributed by atoms with Crippen LogP contribution in [-0.2, 0) is 19.1 Å². The number of benzene rings is 6. The summed E-state index contributed by atoms with van der Waals surface area (Å²) in [4.78, 5) is 24.5. The molecule has 0 bridgehead atoms. The first kappa shape index (κ1) is 44.1. The summed E-state index contributed by atoms with van der Waals surface area (Å²) in [6.07, 6.45) is 0.803. The lowest BCUT2D eigenvalue weighted by atomic mass is 9.96. The third-order valence-electron chi connectivity index (χ3n) is 9.46. The van der Waals surface area contributed by atoms with Gasteiger partial charge in [0, 0.05) is 12.2 Å². The molecule has 10 heteroatoms. The van der Waals surface area contributed by atoms with Crippen LogP contribution in [0.4, 0.5) is 0 Å². The van der Waals surface area contributed by atoms with Crippen LogP contribution in [0.3, 0.4) is 0 Å². The smallest absolute Gasteiger partial charge is 0.330 e. The zero-order valence-corrected chi connectivity index (χ0v) is 35.3. The molecule has 0 spiro atoms. The number of ether oxygens (including phenoxy) is 8. The molecule has 62 heavy (non-hydrogen) atoms. The van der Waals surface area contributed by atoms with Crippen LogP contribution in [0.25, 0.3) is 11.1 Å². The summed E-state index contributed by atoms with van der Waals surface area (Å²) in [5.41, 5.74) is 5.62. The van der Waals surface area contributed by atoms with E-state index in [1.165, 1.54) is 0 Å². The number of rotatable bonds is 21. The Balaban J connectivity index is 1.06. The summed E-state index contributed by atoms with van der Waals surface area (Å²) in [6, 6.07) is 41.6. The van der Waals surface area contributed by atoms with Gasteiger partial charge in [-0.2, -0.15) is 0 Å². The summed E-state index contributed by atoms with van der Waals surface area (Å²) < 4.78 is 47.4. The van der Waals surface area contributed by atoms with E-state index in [9.17, 15) is 9.59 Å². The van der Waals surface area contributed by atoms with Gasteiger partial charge in [0.1, 0.15) is 72.4 Å². The molecular weight excluding hydrogens is 785 g/mol. The summed E-state index contributed by atoms with van der Waals surface area (Å²) in [5.74, 6) is 4.18. The van der Waals surface area contributed by atoms with Gasteiger partial charge in [-0.05, 0) is 158 Å². The first-order chi connectivity index (χ1) is 30.1. The zero-order valence-electron chi connectivity index (χ0n) is 35.3. The van der Waals surface area contributed by atoms with Crippen LogP contribution in [0.2, 0.25) is 0 Å². The molecule has 6 aromatic rings. The Morgan fingerprint density at radius 3 is 1.05 bits per heavy atom. The van der Waals surface area contributed by atoms with Crippen LogP contribution >= 0.6 is 0 Å². The van der Waals surface area contributed by atoms with E-state index in [1.807, 2.05) is 113 Å². The van der Waals surface area contributed by atoms with Crippen molar-refractivity contribution < 1.29 is 47.5 Å². The third-order valence-corrected chi connectivity index (χ3v) is 9.46. The van der Waals surface area contributed by atoms with Gasteiger partial charge in [0.05, 0.1) is 0 Å². The second-order valence-electron chi connectivity index (χ2n) is 14.4. The van der Waals surface area contributed by atoms with Crippen molar-refractivity contribution in [3.8, 4) is 57.1 Å². The number of hydrogen-bond donors (Lipinski definition) is 0. The van der Waals surface area contributed by atoms with E-state index in [1.54, 1.807) is 24.3 Å². The van der Waals surface area contributed by atoms with Gasteiger partial charge < -0.3 is 37.9 Å². The second kappa shape index (κ2) is 21.7. The van der Waals surface area contributed by atoms with E-state index in [2.05, 4.69) is 37.4 Å². The highest BCUT2D eigenvalue weighted by atomic mass is 16.6. The van der Waals surface area contributed by atoms with E-state index in [4.69, 9.17) is 37.9 Å². The predicted octanol–water partition coefficient (Wildman–Crippen LogP) is 11.3. The third kappa shape index (κ3) is 12.8. The molecular formula is C52H50O10. The molecule has 6 aromatic carbocycles. The van der Waals surface area contributed by atoms with Crippen molar-refractivity contribution in [3.05, 3.63) is 181 Å². The SMILES string of the molecule is C=CC(=O)OC(COc1ccc(Oc2ccccc2)cc1)COc1c(C)cc(-c2cc(C)c(OCC(COc3ccc(Oc4ccccc4)cc3)OC(=O)C=C)c(C)c2)cc1C. The number of carbonyl (C=O) groups excluding carboxylic acids is 2. The molecule has 0 aliphatic rings. The highest BCUT2D eigenvalue weighted by Gasteiger charge is 2.20. The van der Waals surface area contributed by atoms with Crippen molar-refractivity contribution >= 4 is 11.9 Å². The van der Waals surface area contributed by atoms with Crippen LogP contribution in [-0.4, -0.2) is 50.6 Å². The van der Waals surface area contributed by atoms with E-state index in [0.717, 1.165) is 57.0 Å². The number of para-hydroxylation sites is 2. The molecule has 0 N–H and O–H groups in total. The van der Waals surface area contributed by atoms with Crippen LogP contribution in [0.1, 0.15) is 22.3 Å². The molecule has 6 rings (SSSR count). The van der Waals surface area contributed by atoms with Crippen molar-refractivity contribution in [1.82, 2.24) is 0 Å². The number of carbonyl (C=O) groups is 2. The maximum absolute atomic E-state index is 12.2. The Kier molecular flexibility index (Phi) is 15.4. The van der Waals surface area contributed by atoms with Crippen LogP contribution < -0.4 is 28.4 Å². The Bertz CT molecular complexity index is 2210. The van der Waals surface area contributed by atoms with Crippen molar-refractivity contribution in [3.63, 3.8) is 0 Å². The Hall–Kier alpha value is -7.46. The van der Waals surface area contributed by atoms with Gasteiger partial charge in [-0.3, -0.25) is 0 Å². The first-order valence-electron chi connectivity index (χ1n) is 20.1. The van der Waals surface area contributed by atoms with Gasteiger partial charge in [0.25, 0.3) is 0 Å². The maximum atomic E-state index is 12.2. The van der Waals surface area contributed by atoms with Gasteiger partial charge in [0.15, 0.2) is 12.2 Å². The largest absolute Gasteiger partial charge is 0.490 e. The molecule has 0 heterocycles. The fourth-order valence-corrected chi connectivity index (χ4v) is 6.53. The molecule has 0 fully saturated rings. The fraction of sp³-hybridized carbons (Fsp3) is 0.192. The van der Waals surface area contributed by atoms with E-state index >= 15 is 0 Å². The molecule has 0 amide bonds. The van der Waals surface area contributed by atoms with Crippen molar-refractivity contribution in [2.24, 2.45) is 0 Å². The second-order valence-corrected chi connectivity index (χ2v) is 14.4. The Morgan fingerprint density at radius 2 is 0.726 bits per heavy atom. The van der Waals surface area contributed by atoms with Gasteiger partial charge in [-0.15, -0.1) is 0 Å². The van der Waals surface area contributed by atoms with E-state index in [-0.39, 0.29) is 26.4 Å². The topological polar surface area (TPSA) is 108 Å². The van der Waals surface area contributed by atoms with Crippen LogP contribution in [0.5, 0.6) is 46.0 Å². The van der Waals surface area contributed by atoms with Gasteiger partial charge in [0.2, 0.25) is 0 Å². The normalized spacial score (nSPS) is 11.6. The highest BCUT2D eigenvalue weighted by Crippen LogP contribution is 2.35. The predicted molar refractivity (Wildman–Crippen MR) is 239 cm³/mol. The highest BCUT2D eigenvalue weighted by molar-refractivity contribution is 5.81. The standard InChI is InChI=1S/C52H50O10/c1-7-49(53)61-47(31-55-41-19-23-45(24-20-41)59-43-15-11-9-12-16-43)33-57-51-35(3)27-39(28-36(51)4)40-29-37(5)52(38(6)30-40)58-34-48(62-50(54)8-2)32-56-42-21-25-46(26-22-42)60-44-17-13-10-14-18-44/h7-30,47-48H,1-2,31-34H2,3-6H3. The molecule has 0 aliphatic heterocycles. The molecule has 318 valence electrons. The van der Waals surface area contributed by atoms with E-state index < -0.39 is 24.1 Å². The molecule has 2 unspecified atom stereocenters. The van der Waals surface area contributed by atoms with E-state index in [0.29, 0.717) is 34.5 Å². The minimum atomic E-state index is -0.713. The molecule has 10 nitrogen and oxygen atoms in total. The summed E-state index contributed by atoms with van der Waals surface area (Å²) in [6.45, 7) is 15.2. The maximum Gasteiger partial charge on any atom is 0.330 e. The molecule has 0 aliphatic carbocycles. The number of hydrogen-bond acceptors (Lipinski definition) is 10. The number of esters is 2. The van der Waals surface area contributed by atoms with Crippen molar-refractivity contribution in [1.29, 1.82) is 0 Å². The molecule has 0 saturated heterocycles. The van der Waals surface area contributed by atoms with Crippen molar-refractivity contribution in [2.75, 3.05) is 26.4 Å². The monoisotopic (exact) mass is 834 g/mol. The molecule has 0 saturated carbocycles. The number of aryl methyl sites for hydroxylation is 4. The van der Waals surface area contributed by atoms with Gasteiger partial charge in [-0.1, -0.05) is 49.6 Å². The van der Waals surface area contributed by atoms with Gasteiger partial charge in [-0.25, -0.2) is 9.59 Å². The van der Waals surface area contributed by atoms with Crippen LogP contribution in [0, 0.1) is 27.7 Å². The lowest BCUT2D eigenvalue weighted by molar-refractivity contribution is -0.147. The lowest BCUT2D eigenvalue weighted by Gasteiger charge is -2.21. The van der Waals surface area contributed by atoms with Crippen LogP contribution in [0.15, 0.2) is 159 Å². The van der Waals surface area contributed by atoms with Crippen molar-refractivity contribution in [2.45, 2.75) is 39.9 Å². The summed E-state index contributed by atoms with van der Waals surface area (Å²) >= 11 is 0. The Morgan fingerprint density at radius 1 is 0.435 bits per heavy atom. The average Bonchev–Trinajstić information content (AvgIpc) is 3.28. The summed E-state index contributed by atoms with van der Waals surface area (Å²) in [7, 11) is 0. The molecule has 0 radical (unpaired) electrons. The Labute approximate surface area is 362 Å². The van der Waals surface area contributed by atoms with Gasteiger partial charge >= 0.3 is 11.9 Å². The first-order valence-corrected chi connectivity index (χ1v) is 20.1. The zero-order chi connectivity index (χ0) is 43.8. The fourth-order valence-electron chi connectivity index (χ4n) is 6.53. The quantitative estimate of drug-likeness (QED) is 0.0514. The molecule has 2 atom stereocenters. The lowest BCUT2D eigenvalue weighted by Crippen LogP contribution is -2.30. The molecule has 0 aromatic heterocycles.